The quantitative estimate of drug-likeness (QED) is 0.883. The lowest BCUT2D eigenvalue weighted by Crippen LogP contribution is -2.40. The number of rotatable bonds is 4. The molecule has 1 atom stereocenters. The molecule has 0 radical (unpaired) electrons. The minimum atomic E-state index is -0.479. The van der Waals surface area contributed by atoms with Crippen LogP contribution in [0.25, 0.3) is 11.0 Å². The van der Waals surface area contributed by atoms with Gasteiger partial charge >= 0.3 is 0 Å². The van der Waals surface area contributed by atoms with Gasteiger partial charge in [-0.05, 0) is 26.7 Å². The Morgan fingerprint density at radius 3 is 2.65 bits per heavy atom. The molecule has 0 bridgehead atoms. The summed E-state index contributed by atoms with van der Waals surface area (Å²) in [5, 5.41) is 11.4. The molecule has 1 unspecified atom stereocenters. The van der Waals surface area contributed by atoms with E-state index in [2.05, 4.69) is 15.5 Å². The van der Waals surface area contributed by atoms with Crippen LogP contribution >= 0.6 is 0 Å². The SMILES string of the molecule is Cc1nn(C)c2cn(C(C)C(=O)NCC(=O)N3CCCC3)nc12. The molecule has 2 aromatic heterocycles. The normalized spacial score (nSPS) is 16.0. The van der Waals surface area contributed by atoms with E-state index in [0.717, 1.165) is 42.7 Å². The first-order valence-corrected chi connectivity index (χ1v) is 7.91. The summed E-state index contributed by atoms with van der Waals surface area (Å²) in [5.41, 5.74) is 2.51. The predicted molar refractivity (Wildman–Crippen MR) is 84.8 cm³/mol. The first kappa shape index (κ1) is 15.5. The van der Waals surface area contributed by atoms with Gasteiger partial charge in [-0.15, -0.1) is 0 Å². The highest BCUT2D eigenvalue weighted by atomic mass is 16.2. The Balaban J connectivity index is 1.63. The fourth-order valence-corrected chi connectivity index (χ4v) is 2.91. The summed E-state index contributed by atoms with van der Waals surface area (Å²) in [5.74, 6) is -0.232. The molecule has 1 N–H and O–H groups in total. The van der Waals surface area contributed by atoms with Crippen molar-refractivity contribution in [3.63, 3.8) is 0 Å². The van der Waals surface area contributed by atoms with Crippen LogP contribution in [-0.4, -0.2) is 55.9 Å². The molecule has 1 saturated heterocycles. The minimum absolute atomic E-state index is 0.0197. The summed E-state index contributed by atoms with van der Waals surface area (Å²) >= 11 is 0. The maximum atomic E-state index is 12.3. The second kappa shape index (κ2) is 6.02. The van der Waals surface area contributed by atoms with Gasteiger partial charge in [-0.2, -0.15) is 10.2 Å². The average molecular weight is 318 g/mol. The Labute approximate surface area is 134 Å². The third-order valence-electron chi connectivity index (χ3n) is 4.35. The molecule has 0 saturated carbocycles. The first-order chi connectivity index (χ1) is 11.0. The van der Waals surface area contributed by atoms with Crippen LogP contribution in [-0.2, 0) is 16.6 Å². The van der Waals surface area contributed by atoms with Gasteiger partial charge in [-0.25, -0.2) is 0 Å². The van der Waals surface area contributed by atoms with Crippen molar-refractivity contribution >= 4 is 22.8 Å². The maximum Gasteiger partial charge on any atom is 0.245 e. The molecule has 23 heavy (non-hydrogen) atoms. The van der Waals surface area contributed by atoms with Crippen molar-refractivity contribution in [1.29, 1.82) is 0 Å². The van der Waals surface area contributed by atoms with Gasteiger partial charge in [-0.3, -0.25) is 19.0 Å². The highest BCUT2D eigenvalue weighted by Crippen LogP contribution is 2.17. The predicted octanol–water partition coefficient (Wildman–Crippen LogP) is 0.378. The topological polar surface area (TPSA) is 85.0 Å². The summed E-state index contributed by atoms with van der Waals surface area (Å²) in [4.78, 5) is 26.0. The largest absolute Gasteiger partial charge is 0.345 e. The molecular weight excluding hydrogens is 296 g/mol. The Hall–Kier alpha value is -2.38. The number of aryl methyl sites for hydroxylation is 2. The van der Waals surface area contributed by atoms with Gasteiger partial charge in [0.25, 0.3) is 0 Å². The van der Waals surface area contributed by atoms with Crippen LogP contribution in [0.15, 0.2) is 6.20 Å². The zero-order valence-electron chi connectivity index (χ0n) is 13.7. The number of hydrogen-bond acceptors (Lipinski definition) is 4. The van der Waals surface area contributed by atoms with E-state index in [4.69, 9.17) is 0 Å². The first-order valence-electron chi connectivity index (χ1n) is 7.91. The van der Waals surface area contributed by atoms with Crippen LogP contribution in [0.2, 0.25) is 0 Å². The monoisotopic (exact) mass is 318 g/mol. The van der Waals surface area contributed by atoms with E-state index in [1.807, 2.05) is 20.2 Å². The van der Waals surface area contributed by atoms with Gasteiger partial charge in [0.1, 0.15) is 17.1 Å². The van der Waals surface area contributed by atoms with Crippen LogP contribution in [0, 0.1) is 6.92 Å². The fourth-order valence-electron chi connectivity index (χ4n) is 2.91. The summed E-state index contributed by atoms with van der Waals surface area (Å²) < 4.78 is 3.37. The maximum absolute atomic E-state index is 12.3. The van der Waals surface area contributed by atoms with Crippen molar-refractivity contribution in [2.75, 3.05) is 19.6 Å². The number of fused-ring (bicyclic) bond motifs is 1. The minimum Gasteiger partial charge on any atom is -0.345 e. The molecule has 2 aromatic rings. The van der Waals surface area contributed by atoms with Crippen LogP contribution < -0.4 is 5.32 Å². The Morgan fingerprint density at radius 2 is 2.00 bits per heavy atom. The number of nitrogens with zero attached hydrogens (tertiary/aromatic N) is 5. The van der Waals surface area contributed by atoms with Crippen molar-refractivity contribution in [3.8, 4) is 0 Å². The van der Waals surface area contributed by atoms with Gasteiger partial charge in [-0.1, -0.05) is 0 Å². The van der Waals surface area contributed by atoms with E-state index in [0.29, 0.717) is 0 Å². The lowest BCUT2D eigenvalue weighted by atomic mass is 10.3. The number of carbonyl (C=O) groups is 2. The van der Waals surface area contributed by atoms with Gasteiger partial charge in [0.15, 0.2) is 0 Å². The molecule has 3 heterocycles. The molecule has 0 spiro atoms. The van der Waals surface area contributed by atoms with Gasteiger partial charge in [0.2, 0.25) is 11.8 Å². The Morgan fingerprint density at radius 1 is 1.30 bits per heavy atom. The zero-order chi connectivity index (χ0) is 16.6. The second-order valence-electron chi connectivity index (χ2n) is 6.03. The number of likely N-dealkylation sites (tertiary alicyclic amines) is 1. The molecule has 1 fully saturated rings. The molecule has 1 aliphatic rings. The summed E-state index contributed by atoms with van der Waals surface area (Å²) in [7, 11) is 1.85. The smallest absolute Gasteiger partial charge is 0.245 e. The lowest BCUT2D eigenvalue weighted by molar-refractivity contribution is -0.132. The molecule has 2 amide bonds. The molecule has 8 nitrogen and oxygen atoms in total. The molecule has 124 valence electrons. The van der Waals surface area contributed by atoms with Gasteiger partial charge in [0, 0.05) is 20.1 Å². The van der Waals surface area contributed by atoms with Crippen molar-refractivity contribution in [1.82, 2.24) is 29.8 Å². The van der Waals surface area contributed by atoms with Crippen LogP contribution in [0.4, 0.5) is 0 Å². The third kappa shape index (κ3) is 2.93. The van der Waals surface area contributed by atoms with Crippen LogP contribution in [0.5, 0.6) is 0 Å². The third-order valence-corrected chi connectivity index (χ3v) is 4.35. The Bertz CT molecular complexity index is 706. The van der Waals surface area contributed by atoms with Crippen LogP contribution in [0.3, 0.4) is 0 Å². The van der Waals surface area contributed by atoms with Crippen molar-refractivity contribution in [3.05, 3.63) is 11.9 Å². The highest BCUT2D eigenvalue weighted by Gasteiger charge is 2.22. The standard InChI is InChI=1S/C15H22N6O2/c1-10-14-12(19(3)17-10)9-21(18-14)11(2)15(23)16-8-13(22)20-6-4-5-7-20/h9,11H,4-8H2,1-3H3,(H,16,23). The molecule has 1 aliphatic heterocycles. The van der Waals surface area contributed by atoms with E-state index < -0.39 is 6.04 Å². The van der Waals surface area contributed by atoms with E-state index in [1.54, 1.807) is 21.2 Å². The Kier molecular flexibility index (Phi) is 4.06. The van der Waals surface area contributed by atoms with Crippen molar-refractivity contribution < 1.29 is 9.59 Å². The molecule has 3 rings (SSSR count). The number of nitrogens with one attached hydrogen (secondary N) is 1. The van der Waals surface area contributed by atoms with Crippen LogP contribution in [0.1, 0.15) is 31.5 Å². The summed E-state index contributed by atoms with van der Waals surface area (Å²) in [6, 6.07) is -0.479. The van der Waals surface area contributed by atoms with Gasteiger partial charge < -0.3 is 10.2 Å². The molecular formula is C15H22N6O2. The van der Waals surface area contributed by atoms with E-state index >= 15 is 0 Å². The number of amides is 2. The van der Waals surface area contributed by atoms with Crippen molar-refractivity contribution in [2.45, 2.75) is 32.7 Å². The summed E-state index contributed by atoms with van der Waals surface area (Å²) in [6.45, 7) is 5.29. The lowest BCUT2D eigenvalue weighted by Gasteiger charge is -2.17. The van der Waals surface area contributed by atoms with E-state index in [9.17, 15) is 9.59 Å². The number of carbonyl (C=O) groups excluding carboxylic acids is 2. The number of hydrogen-bond donors (Lipinski definition) is 1. The van der Waals surface area contributed by atoms with Gasteiger partial charge in [0.05, 0.1) is 18.4 Å². The highest BCUT2D eigenvalue weighted by molar-refractivity contribution is 5.87. The van der Waals surface area contributed by atoms with E-state index in [1.165, 1.54) is 0 Å². The summed E-state index contributed by atoms with van der Waals surface area (Å²) in [6.07, 6.45) is 3.90. The van der Waals surface area contributed by atoms with Crippen molar-refractivity contribution in [2.24, 2.45) is 7.05 Å². The second-order valence-corrected chi connectivity index (χ2v) is 6.03. The average Bonchev–Trinajstić information content (AvgIpc) is 3.23. The van der Waals surface area contributed by atoms with E-state index in [-0.39, 0.29) is 18.4 Å². The molecule has 8 heteroatoms. The zero-order valence-corrected chi connectivity index (χ0v) is 13.7. The fraction of sp³-hybridized carbons (Fsp3) is 0.600. The molecule has 0 aromatic carbocycles. The number of aromatic nitrogens is 4. The molecule has 0 aliphatic carbocycles.